The molecule has 2 aromatic rings. The minimum Gasteiger partial charge on any atom is -0.383 e. The van der Waals surface area contributed by atoms with Gasteiger partial charge < -0.3 is 10.1 Å². The number of aliphatic imine (C=N–C) groups is 1. The standard InChI is InChI=1S/C22H23F2N3O3S2/c1-14-3-5-15(6-4-14)25-19(28)13-18-20(29)27(11-12-30-2)22(32-18)26-16-7-9-17(10-8-16)31-21(23)24/h3-10,18,21H,11-13H2,1-2H3,(H,25,28). The number of ether oxygens (including phenoxy) is 1. The van der Waals surface area contributed by atoms with Crippen molar-refractivity contribution in [3.05, 3.63) is 54.1 Å². The third kappa shape index (κ3) is 6.78. The van der Waals surface area contributed by atoms with Gasteiger partial charge in [-0.15, -0.1) is 0 Å². The number of hydrogen-bond donors (Lipinski definition) is 1. The number of aryl methyl sites for hydroxylation is 1. The molecule has 2 amide bonds. The Morgan fingerprint density at radius 1 is 1.22 bits per heavy atom. The van der Waals surface area contributed by atoms with Gasteiger partial charge in [-0.25, -0.2) is 4.99 Å². The first-order chi connectivity index (χ1) is 15.4. The first kappa shape index (κ1) is 24.2. The van der Waals surface area contributed by atoms with E-state index < -0.39 is 11.0 Å². The Morgan fingerprint density at radius 3 is 2.53 bits per heavy atom. The molecule has 0 saturated carbocycles. The molecule has 1 saturated heterocycles. The number of carbonyl (C=O) groups is 2. The molecule has 1 heterocycles. The minimum absolute atomic E-state index is 0.00381. The first-order valence-electron chi connectivity index (χ1n) is 9.83. The average Bonchev–Trinajstić information content (AvgIpc) is 3.03. The Kier molecular flexibility index (Phi) is 8.66. The van der Waals surface area contributed by atoms with E-state index in [4.69, 9.17) is 4.74 Å². The quantitative estimate of drug-likeness (QED) is 0.517. The molecule has 0 radical (unpaired) electrons. The number of halogens is 2. The van der Waals surface area contributed by atoms with Crippen molar-refractivity contribution in [1.29, 1.82) is 0 Å². The van der Waals surface area contributed by atoms with Crippen molar-refractivity contribution in [3.8, 4) is 0 Å². The molecular formula is C22H23F2N3O3S2. The third-order valence-electron chi connectivity index (χ3n) is 4.53. The number of benzene rings is 2. The number of anilines is 1. The maximum absolute atomic E-state index is 12.9. The van der Waals surface area contributed by atoms with Crippen LogP contribution < -0.4 is 5.32 Å². The molecule has 10 heteroatoms. The van der Waals surface area contributed by atoms with Gasteiger partial charge in [0.15, 0.2) is 5.17 Å². The van der Waals surface area contributed by atoms with E-state index in [1.807, 2.05) is 31.2 Å². The molecule has 0 aromatic heterocycles. The lowest BCUT2D eigenvalue weighted by molar-refractivity contribution is -0.128. The van der Waals surface area contributed by atoms with E-state index in [0.29, 0.717) is 46.4 Å². The third-order valence-corrected chi connectivity index (χ3v) is 6.43. The Morgan fingerprint density at radius 2 is 1.91 bits per heavy atom. The lowest BCUT2D eigenvalue weighted by Crippen LogP contribution is -2.35. The molecule has 1 aliphatic rings. The van der Waals surface area contributed by atoms with Gasteiger partial charge in [-0.3, -0.25) is 14.5 Å². The van der Waals surface area contributed by atoms with Crippen molar-refractivity contribution < 1.29 is 23.1 Å². The number of carbonyl (C=O) groups excluding carboxylic acids is 2. The summed E-state index contributed by atoms with van der Waals surface area (Å²) in [6.07, 6.45) is 0.00381. The predicted molar refractivity (Wildman–Crippen MR) is 125 cm³/mol. The van der Waals surface area contributed by atoms with Crippen LogP contribution in [0.2, 0.25) is 0 Å². The highest BCUT2D eigenvalue weighted by Crippen LogP contribution is 2.33. The fourth-order valence-electron chi connectivity index (χ4n) is 2.94. The van der Waals surface area contributed by atoms with Crippen LogP contribution in [0.15, 0.2) is 58.4 Å². The van der Waals surface area contributed by atoms with Crippen LogP contribution in [0.3, 0.4) is 0 Å². The number of nitrogens with one attached hydrogen (secondary N) is 1. The summed E-state index contributed by atoms with van der Waals surface area (Å²) in [4.78, 5) is 31.9. The molecule has 1 aliphatic heterocycles. The van der Waals surface area contributed by atoms with E-state index in [0.717, 1.165) is 5.56 Å². The Balaban J connectivity index is 1.71. The molecule has 1 unspecified atom stereocenters. The Labute approximate surface area is 193 Å². The lowest BCUT2D eigenvalue weighted by Gasteiger charge is -2.15. The Bertz CT molecular complexity index is 969. The highest BCUT2D eigenvalue weighted by atomic mass is 32.2. The van der Waals surface area contributed by atoms with Crippen LogP contribution in [0.25, 0.3) is 0 Å². The normalized spacial score (nSPS) is 17.4. The molecule has 170 valence electrons. The summed E-state index contributed by atoms with van der Waals surface area (Å²) >= 11 is 1.67. The second-order valence-corrected chi connectivity index (χ2v) is 9.21. The summed E-state index contributed by atoms with van der Waals surface area (Å²) in [6, 6.07) is 13.8. The number of thioether (sulfide) groups is 2. The van der Waals surface area contributed by atoms with E-state index in [1.165, 1.54) is 23.8 Å². The fraction of sp³-hybridized carbons (Fsp3) is 0.318. The monoisotopic (exact) mass is 479 g/mol. The van der Waals surface area contributed by atoms with E-state index >= 15 is 0 Å². The number of nitrogens with zero attached hydrogens (tertiary/aromatic N) is 2. The predicted octanol–water partition coefficient (Wildman–Crippen LogP) is 4.92. The zero-order valence-electron chi connectivity index (χ0n) is 17.6. The Hall–Kier alpha value is -2.43. The summed E-state index contributed by atoms with van der Waals surface area (Å²) in [5, 5.41) is 2.66. The average molecular weight is 480 g/mol. The number of amides is 2. The van der Waals surface area contributed by atoms with Crippen LogP contribution in [-0.4, -0.2) is 53.2 Å². The van der Waals surface area contributed by atoms with E-state index in [2.05, 4.69) is 10.3 Å². The molecule has 1 fully saturated rings. The van der Waals surface area contributed by atoms with Crippen molar-refractivity contribution in [2.24, 2.45) is 4.99 Å². The highest BCUT2D eigenvalue weighted by Gasteiger charge is 2.39. The van der Waals surface area contributed by atoms with Crippen molar-refractivity contribution in [1.82, 2.24) is 4.90 Å². The smallest absolute Gasteiger partial charge is 0.288 e. The molecule has 0 bridgehead atoms. The zero-order chi connectivity index (χ0) is 23.1. The number of hydrogen-bond acceptors (Lipinski definition) is 6. The van der Waals surface area contributed by atoms with Gasteiger partial charge in [-0.05, 0) is 43.3 Å². The molecule has 0 spiro atoms. The molecule has 1 atom stereocenters. The molecule has 32 heavy (non-hydrogen) atoms. The van der Waals surface area contributed by atoms with Gasteiger partial charge in [0.1, 0.15) is 5.25 Å². The van der Waals surface area contributed by atoms with Crippen LogP contribution in [0.4, 0.5) is 20.2 Å². The summed E-state index contributed by atoms with van der Waals surface area (Å²) in [5.74, 6) is -2.97. The first-order valence-corrected chi connectivity index (χ1v) is 11.6. The number of amidine groups is 1. The maximum atomic E-state index is 12.9. The number of alkyl halides is 2. The van der Waals surface area contributed by atoms with Crippen molar-refractivity contribution in [2.45, 2.75) is 29.2 Å². The maximum Gasteiger partial charge on any atom is 0.288 e. The lowest BCUT2D eigenvalue weighted by atomic mass is 10.2. The molecule has 1 N–H and O–H groups in total. The number of methoxy groups -OCH3 is 1. The molecule has 6 nitrogen and oxygen atoms in total. The van der Waals surface area contributed by atoms with E-state index in [-0.39, 0.29) is 18.2 Å². The van der Waals surface area contributed by atoms with Crippen LogP contribution in [0.5, 0.6) is 0 Å². The second kappa shape index (κ2) is 11.4. The SMILES string of the molecule is COCCN1C(=O)C(CC(=O)Nc2ccc(C)cc2)SC1=Nc1ccc(SC(F)F)cc1. The van der Waals surface area contributed by atoms with Crippen LogP contribution in [0, 0.1) is 6.92 Å². The van der Waals surface area contributed by atoms with Crippen molar-refractivity contribution in [3.63, 3.8) is 0 Å². The number of rotatable bonds is 9. The molecule has 2 aromatic carbocycles. The topological polar surface area (TPSA) is 71.0 Å². The van der Waals surface area contributed by atoms with Gasteiger partial charge in [-0.2, -0.15) is 8.78 Å². The van der Waals surface area contributed by atoms with Crippen LogP contribution >= 0.6 is 23.5 Å². The highest BCUT2D eigenvalue weighted by molar-refractivity contribution is 8.15. The fourth-order valence-corrected chi connectivity index (χ4v) is 4.63. The zero-order valence-corrected chi connectivity index (χ0v) is 19.2. The van der Waals surface area contributed by atoms with Crippen LogP contribution in [0.1, 0.15) is 12.0 Å². The van der Waals surface area contributed by atoms with E-state index in [9.17, 15) is 18.4 Å². The largest absolute Gasteiger partial charge is 0.383 e. The molecule has 3 rings (SSSR count). The summed E-state index contributed by atoms with van der Waals surface area (Å²) < 4.78 is 30.1. The van der Waals surface area contributed by atoms with Gasteiger partial charge in [0.25, 0.3) is 5.76 Å². The van der Waals surface area contributed by atoms with E-state index in [1.54, 1.807) is 24.3 Å². The molecular weight excluding hydrogens is 456 g/mol. The summed E-state index contributed by atoms with van der Waals surface area (Å²) in [7, 11) is 1.54. The van der Waals surface area contributed by atoms with Gasteiger partial charge >= 0.3 is 0 Å². The van der Waals surface area contributed by atoms with Crippen molar-refractivity contribution >= 4 is 51.9 Å². The van der Waals surface area contributed by atoms with Crippen LogP contribution in [-0.2, 0) is 14.3 Å². The van der Waals surface area contributed by atoms with Gasteiger partial charge in [0, 0.05) is 24.1 Å². The summed E-state index contributed by atoms with van der Waals surface area (Å²) in [6.45, 7) is 2.58. The summed E-state index contributed by atoms with van der Waals surface area (Å²) in [5.41, 5.74) is 2.29. The van der Waals surface area contributed by atoms with Gasteiger partial charge in [-0.1, -0.05) is 41.2 Å². The van der Waals surface area contributed by atoms with Crippen molar-refractivity contribution in [2.75, 3.05) is 25.6 Å². The van der Waals surface area contributed by atoms with Gasteiger partial charge in [0.05, 0.1) is 18.8 Å². The molecule has 0 aliphatic carbocycles. The second-order valence-electron chi connectivity index (χ2n) is 6.97. The van der Waals surface area contributed by atoms with Gasteiger partial charge in [0.2, 0.25) is 11.8 Å². The minimum atomic E-state index is -2.49.